The molecule has 1 aromatic carbocycles. The van der Waals surface area contributed by atoms with Gasteiger partial charge in [-0.05, 0) is 43.5 Å². The molecule has 24 heavy (non-hydrogen) atoms. The van der Waals surface area contributed by atoms with Crippen LogP contribution in [0.4, 0.5) is 0 Å². The van der Waals surface area contributed by atoms with Gasteiger partial charge in [0.25, 0.3) is 5.91 Å². The quantitative estimate of drug-likeness (QED) is 0.891. The fourth-order valence-electron chi connectivity index (χ4n) is 2.97. The van der Waals surface area contributed by atoms with Crippen molar-refractivity contribution in [2.75, 3.05) is 7.11 Å². The molecule has 0 bridgehead atoms. The molecule has 6 heteroatoms. The number of carbonyl (C=O) groups excluding carboxylic acids is 1. The third-order valence-electron chi connectivity index (χ3n) is 4.22. The normalized spacial score (nSPS) is 19.4. The highest BCUT2D eigenvalue weighted by Crippen LogP contribution is 2.27. The molecule has 0 aliphatic heterocycles. The summed E-state index contributed by atoms with van der Waals surface area (Å²) in [5, 5.41) is 3.05. The van der Waals surface area contributed by atoms with Gasteiger partial charge in [0.05, 0.1) is 7.11 Å². The number of benzene rings is 1. The van der Waals surface area contributed by atoms with Crippen molar-refractivity contribution in [3.63, 3.8) is 0 Å². The summed E-state index contributed by atoms with van der Waals surface area (Å²) in [6.45, 7) is 0. The molecule has 128 valence electrons. The second-order valence-corrected chi connectivity index (χ2v) is 5.88. The third kappa shape index (κ3) is 4.04. The molecule has 0 unspecified atom stereocenters. The van der Waals surface area contributed by atoms with Gasteiger partial charge < -0.3 is 15.8 Å². The number of methoxy groups -OCH3 is 1. The summed E-state index contributed by atoms with van der Waals surface area (Å²) >= 11 is 0. The van der Waals surface area contributed by atoms with E-state index in [0.717, 1.165) is 30.5 Å². The van der Waals surface area contributed by atoms with Gasteiger partial charge in [-0.2, -0.15) is 0 Å². The van der Waals surface area contributed by atoms with Crippen LogP contribution in [0.1, 0.15) is 29.6 Å². The van der Waals surface area contributed by atoms with E-state index in [4.69, 9.17) is 10.5 Å². The van der Waals surface area contributed by atoms with Gasteiger partial charge in [-0.15, -0.1) is 12.4 Å². The van der Waals surface area contributed by atoms with Crippen LogP contribution < -0.4 is 15.8 Å². The lowest BCUT2D eigenvalue weighted by atomic mass is 10.1. The molecular formula is C18H22ClN3O2. The second-order valence-electron chi connectivity index (χ2n) is 5.88. The van der Waals surface area contributed by atoms with Gasteiger partial charge in [-0.25, -0.2) is 0 Å². The van der Waals surface area contributed by atoms with Crippen molar-refractivity contribution in [1.29, 1.82) is 0 Å². The first-order valence-electron chi connectivity index (χ1n) is 7.83. The summed E-state index contributed by atoms with van der Waals surface area (Å²) in [6, 6.07) is 11.5. The van der Waals surface area contributed by atoms with Crippen molar-refractivity contribution < 1.29 is 9.53 Å². The number of amides is 1. The van der Waals surface area contributed by atoms with E-state index in [1.165, 1.54) is 0 Å². The van der Waals surface area contributed by atoms with Gasteiger partial charge in [0, 0.05) is 29.4 Å². The van der Waals surface area contributed by atoms with Crippen LogP contribution in [-0.4, -0.2) is 30.1 Å². The summed E-state index contributed by atoms with van der Waals surface area (Å²) in [7, 11) is 1.62. The Kier molecular flexibility index (Phi) is 6.17. The Morgan fingerprint density at radius 1 is 1.25 bits per heavy atom. The number of hydrogen-bond donors (Lipinski definition) is 2. The van der Waals surface area contributed by atoms with Crippen LogP contribution >= 0.6 is 12.4 Å². The summed E-state index contributed by atoms with van der Waals surface area (Å²) in [6.07, 6.45) is 4.51. The van der Waals surface area contributed by atoms with Gasteiger partial charge in [0.1, 0.15) is 11.4 Å². The van der Waals surface area contributed by atoms with E-state index in [-0.39, 0.29) is 30.4 Å². The number of nitrogens with one attached hydrogen (secondary N) is 1. The van der Waals surface area contributed by atoms with Crippen molar-refractivity contribution >= 4 is 18.3 Å². The summed E-state index contributed by atoms with van der Waals surface area (Å²) in [4.78, 5) is 16.6. The molecule has 1 aliphatic carbocycles. The lowest BCUT2D eigenvalue weighted by Gasteiger charge is -2.13. The predicted octanol–water partition coefficient (Wildman–Crippen LogP) is 2.79. The highest BCUT2D eigenvalue weighted by atomic mass is 35.5. The van der Waals surface area contributed by atoms with Gasteiger partial charge in [-0.1, -0.05) is 12.1 Å². The number of nitrogens with two attached hydrogens (primary N) is 1. The maximum atomic E-state index is 12.3. The molecule has 1 fully saturated rings. The van der Waals surface area contributed by atoms with Crippen molar-refractivity contribution in [3.8, 4) is 17.0 Å². The van der Waals surface area contributed by atoms with Crippen molar-refractivity contribution in [2.24, 2.45) is 5.73 Å². The Balaban J connectivity index is 0.00000208. The number of hydrogen-bond acceptors (Lipinski definition) is 4. The predicted molar refractivity (Wildman–Crippen MR) is 96.6 cm³/mol. The molecule has 2 aromatic rings. The molecule has 3 N–H and O–H groups in total. The van der Waals surface area contributed by atoms with Crippen LogP contribution in [0.15, 0.2) is 42.6 Å². The van der Waals surface area contributed by atoms with Crippen molar-refractivity contribution in [3.05, 3.63) is 48.2 Å². The zero-order chi connectivity index (χ0) is 16.2. The summed E-state index contributed by atoms with van der Waals surface area (Å²) in [5.41, 5.74) is 8.21. The van der Waals surface area contributed by atoms with E-state index in [1.807, 2.05) is 36.4 Å². The average molecular weight is 348 g/mol. The Bertz CT molecular complexity index is 691. The molecule has 1 amide bonds. The van der Waals surface area contributed by atoms with E-state index < -0.39 is 0 Å². The maximum Gasteiger partial charge on any atom is 0.251 e. The number of carbonyl (C=O) groups is 1. The van der Waals surface area contributed by atoms with Crippen LogP contribution in [0.2, 0.25) is 0 Å². The van der Waals surface area contributed by atoms with Gasteiger partial charge in [0.2, 0.25) is 0 Å². The molecule has 0 saturated heterocycles. The minimum Gasteiger partial charge on any atom is -0.494 e. The lowest BCUT2D eigenvalue weighted by Crippen LogP contribution is -2.33. The monoisotopic (exact) mass is 347 g/mol. The fourth-order valence-corrected chi connectivity index (χ4v) is 2.97. The number of ether oxygens (including phenoxy) is 1. The Morgan fingerprint density at radius 3 is 2.62 bits per heavy atom. The largest absolute Gasteiger partial charge is 0.494 e. The zero-order valence-electron chi connectivity index (χ0n) is 13.6. The van der Waals surface area contributed by atoms with Crippen LogP contribution in [0.5, 0.6) is 5.75 Å². The molecule has 1 aliphatic rings. The third-order valence-corrected chi connectivity index (χ3v) is 4.22. The molecule has 5 nitrogen and oxygen atoms in total. The average Bonchev–Trinajstić information content (AvgIpc) is 3.00. The first-order valence-corrected chi connectivity index (χ1v) is 7.83. The zero-order valence-corrected chi connectivity index (χ0v) is 14.4. The maximum absolute atomic E-state index is 12.3. The van der Waals surface area contributed by atoms with E-state index in [0.29, 0.717) is 11.3 Å². The Labute approximate surface area is 148 Å². The first kappa shape index (κ1) is 18.2. The number of pyridine rings is 1. The fraction of sp³-hybridized carbons (Fsp3) is 0.333. The molecule has 2 atom stereocenters. The van der Waals surface area contributed by atoms with E-state index in [2.05, 4.69) is 10.3 Å². The van der Waals surface area contributed by atoms with E-state index >= 15 is 0 Å². The molecule has 1 aromatic heterocycles. The molecule has 1 saturated carbocycles. The van der Waals surface area contributed by atoms with Crippen LogP contribution in [0.3, 0.4) is 0 Å². The molecule has 0 spiro atoms. The number of nitrogens with zero attached hydrogens (tertiary/aromatic N) is 1. The van der Waals surface area contributed by atoms with Gasteiger partial charge >= 0.3 is 0 Å². The van der Waals surface area contributed by atoms with Gasteiger partial charge in [-0.3, -0.25) is 9.78 Å². The van der Waals surface area contributed by atoms with Crippen LogP contribution in [0.25, 0.3) is 11.3 Å². The minimum atomic E-state index is -0.0522. The molecule has 1 heterocycles. The SMILES string of the molecule is COc1cccnc1-c1ccc(C(=O)N[C@H]2CC[C@@H](N)C2)cc1.Cl. The highest BCUT2D eigenvalue weighted by Gasteiger charge is 2.23. The number of rotatable bonds is 4. The minimum absolute atomic E-state index is 0. The second kappa shape index (κ2) is 8.13. The topological polar surface area (TPSA) is 77.2 Å². The number of aromatic nitrogens is 1. The number of halogens is 1. The Hall–Kier alpha value is -2.11. The van der Waals surface area contributed by atoms with Gasteiger partial charge in [0.15, 0.2) is 0 Å². The van der Waals surface area contributed by atoms with Crippen molar-refractivity contribution in [2.45, 2.75) is 31.3 Å². The Morgan fingerprint density at radius 2 is 2.00 bits per heavy atom. The molecular weight excluding hydrogens is 326 g/mol. The summed E-state index contributed by atoms with van der Waals surface area (Å²) < 4.78 is 5.32. The first-order chi connectivity index (χ1) is 11.2. The summed E-state index contributed by atoms with van der Waals surface area (Å²) in [5.74, 6) is 0.660. The highest BCUT2D eigenvalue weighted by molar-refractivity contribution is 5.94. The smallest absolute Gasteiger partial charge is 0.251 e. The lowest BCUT2D eigenvalue weighted by molar-refractivity contribution is 0.0937. The standard InChI is InChI=1S/C18H21N3O2.ClH/c1-23-16-3-2-10-20-17(16)12-4-6-13(7-5-12)18(22)21-15-9-8-14(19)11-15;/h2-7,10,14-15H,8-9,11,19H2,1H3,(H,21,22);1H/t14-,15+;/m1./s1. The molecule has 3 rings (SSSR count). The molecule has 0 radical (unpaired) electrons. The van der Waals surface area contributed by atoms with E-state index in [9.17, 15) is 4.79 Å². The van der Waals surface area contributed by atoms with E-state index in [1.54, 1.807) is 13.3 Å². The van der Waals surface area contributed by atoms with Crippen LogP contribution in [0, 0.1) is 0 Å². The van der Waals surface area contributed by atoms with Crippen LogP contribution in [-0.2, 0) is 0 Å². The van der Waals surface area contributed by atoms with Crippen molar-refractivity contribution in [1.82, 2.24) is 10.3 Å².